The molecule has 4 rings (SSSR count). The van der Waals surface area contributed by atoms with E-state index in [4.69, 9.17) is 25.8 Å². The Kier molecular flexibility index (Phi) is 5.87. The topological polar surface area (TPSA) is 68.3 Å². The van der Waals surface area contributed by atoms with Crippen LogP contribution in [0.2, 0.25) is 5.02 Å². The van der Waals surface area contributed by atoms with E-state index in [2.05, 4.69) is 4.90 Å². The Balaban J connectivity index is 1.40. The molecule has 156 valence electrons. The van der Waals surface area contributed by atoms with Crippen LogP contribution in [0.3, 0.4) is 0 Å². The highest BCUT2D eigenvalue weighted by atomic mass is 35.5. The molecular weight excluding hydrogens is 416 g/mol. The molecule has 0 atom stereocenters. The second-order valence-electron chi connectivity index (χ2n) is 6.89. The van der Waals surface area contributed by atoms with Crippen molar-refractivity contribution in [2.24, 2.45) is 0 Å². The molecule has 0 radical (unpaired) electrons. The third kappa shape index (κ3) is 4.30. The van der Waals surface area contributed by atoms with Crippen LogP contribution in [0.25, 0.3) is 0 Å². The predicted molar refractivity (Wildman–Crippen MR) is 109 cm³/mol. The fourth-order valence-corrected chi connectivity index (χ4v) is 5.10. The van der Waals surface area contributed by atoms with Gasteiger partial charge in [0.2, 0.25) is 16.8 Å². The minimum atomic E-state index is -3.59. The summed E-state index contributed by atoms with van der Waals surface area (Å²) in [7, 11) is -3.59. The Hall–Kier alpha value is -2.00. The van der Waals surface area contributed by atoms with Gasteiger partial charge in [-0.05, 0) is 36.8 Å². The SMILES string of the molecule is CCOc1cc(S(=O)(=O)N2CCN(Cc3ccc4c(c3)OCO4)CC2)ccc1Cl. The van der Waals surface area contributed by atoms with Crippen molar-refractivity contribution >= 4 is 21.6 Å². The van der Waals surface area contributed by atoms with Gasteiger partial charge in [0.15, 0.2) is 11.5 Å². The largest absolute Gasteiger partial charge is 0.492 e. The van der Waals surface area contributed by atoms with Gasteiger partial charge in [-0.25, -0.2) is 8.42 Å². The number of halogens is 1. The normalized spacial score (nSPS) is 17.4. The fourth-order valence-electron chi connectivity index (χ4n) is 3.48. The van der Waals surface area contributed by atoms with Crippen LogP contribution in [0.5, 0.6) is 17.2 Å². The zero-order chi connectivity index (χ0) is 20.4. The number of sulfonamides is 1. The monoisotopic (exact) mass is 438 g/mol. The molecule has 29 heavy (non-hydrogen) atoms. The maximum absolute atomic E-state index is 13.0. The first-order valence-electron chi connectivity index (χ1n) is 9.51. The van der Waals surface area contributed by atoms with Crippen molar-refractivity contribution in [3.05, 3.63) is 47.0 Å². The molecule has 1 fully saturated rings. The lowest BCUT2D eigenvalue weighted by molar-refractivity contribution is 0.173. The smallest absolute Gasteiger partial charge is 0.243 e. The van der Waals surface area contributed by atoms with E-state index in [1.807, 2.05) is 25.1 Å². The lowest BCUT2D eigenvalue weighted by atomic mass is 10.2. The molecule has 9 heteroatoms. The van der Waals surface area contributed by atoms with Crippen LogP contribution in [-0.4, -0.2) is 57.2 Å². The molecule has 0 aromatic heterocycles. The number of nitrogens with zero attached hydrogens (tertiary/aromatic N) is 2. The van der Waals surface area contributed by atoms with Crippen LogP contribution in [0, 0.1) is 0 Å². The summed E-state index contributed by atoms with van der Waals surface area (Å²) in [6.07, 6.45) is 0. The Morgan fingerprint density at radius 3 is 2.55 bits per heavy atom. The lowest BCUT2D eigenvalue weighted by Crippen LogP contribution is -2.48. The van der Waals surface area contributed by atoms with Crippen LogP contribution >= 0.6 is 11.6 Å². The zero-order valence-electron chi connectivity index (χ0n) is 16.1. The summed E-state index contributed by atoms with van der Waals surface area (Å²) < 4.78 is 43.8. The predicted octanol–water partition coefficient (Wildman–Crippen LogP) is 2.97. The van der Waals surface area contributed by atoms with Crippen molar-refractivity contribution in [1.82, 2.24) is 9.21 Å². The minimum Gasteiger partial charge on any atom is -0.492 e. The van der Waals surface area contributed by atoms with E-state index >= 15 is 0 Å². The molecule has 2 aliphatic heterocycles. The summed E-state index contributed by atoms with van der Waals surface area (Å²) >= 11 is 6.09. The maximum Gasteiger partial charge on any atom is 0.243 e. The molecule has 2 heterocycles. The van der Waals surface area contributed by atoms with Crippen LogP contribution in [0.15, 0.2) is 41.3 Å². The first-order chi connectivity index (χ1) is 14.0. The molecule has 0 aliphatic carbocycles. The van der Waals surface area contributed by atoms with Gasteiger partial charge in [-0.2, -0.15) is 4.31 Å². The molecule has 0 N–H and O–H groups in total. The highest BCUT2D eigenvalue weighted by Gasteiger charge is 2.29. The van der Waals surface area contributed by atoms with E-state index in [9.17, 15) is 8.42 Å². The molecule has 2 aromatic carbocycles. The number of fused-ring (bicyclic) bond motifs is 1. The average molecular weight is 439 g/mol. The van der Waals surface area contributed by atoms with Crippen LogP contribution in [-0.2, 0) is 16.6 Å². The Morgan fingerprint density at radius 2 is 1.79 bits per heavy atom. The number of hydrogen-bond donors (Lipinski definition) is 0. The summed E-state index contributed by atoms with van der Waals surface area (Å²) in [4.78, 5) is 2.44. The molecule has 0 amide bonds. The van der Waals surface area contributed by atoms with Crippen molar-refractivity contribution in [3.8, 4) is 17.2 Å². The quantitative estimate of drug-likeness (QED) is 0.690. The van der Waals surface area contributed by atoms with Crippen molar-refractivity contribution in [2.75, 3.05) is 39.6 Å². The van der Waals surface area contributed by atoms with Gasteiger partial charge in [-0.1, -0.05) is 17.7 Å². The van der Waals surface area contributed by atoms with Crippen molar-refractivity contribution in [2.45, 2.75) is 18.4 Å². The van der Waals surface area contributed by atoms with E-state index in [1.54, 1.807) is 6.07 Å². The number of benzene rings is 2. The zero-order valence-corrected chi connectivity index (χ0v) is 17.7. The first-order valence-corrected chi connectivity index (χ1v) is 11.3. The van der Waals surface area contributed by atoms with Gasteiger partial charge in [0, 0.05) is 38.8 Å². The summed E-state index contributed by atoms with van der Waals surface area (Å²) in [6.45, 7) is 5.40. The van der Waals surface area contributed by atoms with Crippen molar-refractivity contribution < 1.29 is 22.6 Å². The molecular formula is C20H23ClN2O5S. The van der Waals surface area contributed by atoms with E-state index in [-0.39, 0.29) is 11.7 Å². The van der Waals surface area contributed by atoms with Gasteiger partial charge in [0.25, 0.3) is 0 Å². The first kappa shape index (κ1) is 20.3. The highest BCUT2D eigenvalue weighted by molar-refractivity contribution is 7.89. The van der Waals surface area contributed by atoms with Crippen molar-refractivity contribution in [3.63, 3.8) is 0 Å². The van der Waals surface area contributed by atoms with E-state index in [1.165, 1.54) is 16.4 Å². The number of piperazine rings is 1. The number of ether oxygens (including phenoxy) is 3. The van der Waals surface area contributed by atoms with Gasteiger partial charge in [0.05, 0.1) is 16.5 Å². The highest BCUT2D eigenvalue weighted by Crippen LogP contribution is 2.33. The molecule has 7 nitrogen and oxygen atoms in total. The maximum atomic E-state index is 13.0. The number of rotatable bonds is 6. The summed E-state index contributed by atoms with van der Waals surface area (Å²) in [5.74, 6) is 1.91. The standard InChI is InChI=1S/C20H23ClN2O5S/c1-2-26-19-12-16(4-5-17(19)21)29(24,25)23-9-7-22(8-10-23)13-15-3-6-18-20(11-15)28-14-27-18/h3-6,11-12H,2,7-10,13-14H2,1H3. The third-order valence-corrected chi connectivity index (χ3v) is 7.22. The van der Waals surface area contributed by atoms with E-state index < -0.39 is 10.0 Å². The average Bonchev–Trinajstić information content (AvgIpc) is 3.18. The Morgan fingerprint density at radius 1 is 1.03 bits per heavy atom. The minimum absolute atomic E-state index is 0.203. The van der Waals surface area contributed by atoms with E-state index in [0.717, 1.165) is 23.6 Å². The fraction of sp³-hybridized carbons (Fsp3) is 0.400. The molecule has 1 saturated heterocycles. The van der Waals surface area contributed by atoms with Gasteiger partial charge in [0.1, 0.15) is 5.75 Å². The molecule has 2 aromatic rings. The molecule has 0 bridgehead atoms. The van der Waals surface area contributed by atoms with Crippen molar-refractivity contribution in [1.29, 1.82) is 0 Å². The molecule has 2 aliphatic rings. The molecule has 0 unspecified atom stereocenters. The Bertz CT molecular complexity index is 990. The van der Waals surface area contributed by atoms with Gasteiger partial charge in [-0.15, -0.1) is 0 Å². The van der Waals surface area contributed by atoms with Gasteiger partial charge in [-0.3, -0.25) is 4.90 Å². The Labute approximate surface area is 175 Å². The molecule has 0 spiro atoms. The summed E-state index contributed by atoms with van der Waals surface area (Å²) in [5.41, 5.74) is 1.12. The summed E-state index contributed by atoms with van der Waals surface area (Å²) in [5, 5.41) is 0.402. The van der Waals surface area contributed by atoms with Crippen LogP contribution in [0.1, 0.15) is 12.5 Å². The second kappa shape index (κ2) is 8.39. The lowest BCUT2D eigenvalue weighted by Gasteiger charge is -2.34. The van der Waals surface area contributed by atoms with Crippen LogP contribution < -0.4 is 14.2 Å². The summed E-state index contributed by atoms with van der Waals surface area (Å²) in [6, 6.07) is 10.5. The van der Waals surface area contributed by atoms with Crippen LogP contribution in [0.4, 0.5) is 0 Å². The number of hydrogen-bond acceptors (Lipinski definition) is 6. The van der Waals surface area contributed by atoms with Gasteiger partial charge >= 0.3 is 0 Å². The second-order valence-corrected chi connectivity index (χ2v) is 9.24. The molecule has 0 saturated carbocycles. The third-order valence-electron chi connectivity index (χ3n) is 5.01. The van der Waals surface area contributed by atoms with Gasteiger partial charge < -0.3 is 14.2 Å². The van der Waals surface area contributed by atoms with E-state index in [0.29, 0.717) is 43.6 Å².